The number of piperidine rings is 1. The van der Waals surface area contributed by atoms with E-state index in [1.807, 2.05) is 55.5 Å². The fourth-order valence-corrected chi connectivity index (χ4v) is 5.15. The fourth-order valence-electron chi connectivity index (χ4n) is 5.15. The first kappa shape index (κ1) is 24.0. The van der Waals surface area contributed by atoms with E-state index in [1.54, 1.807) is 6.20 Å². The predicted octanol–water partition coefficient (Wildman–Crippen LogP) is 5.68. The third kappa shape index (κ3) is 6.03. The lowest BCUT2D eigenvalue weighted by atomic mass is 9.79. The third-order valence-electron chi connectivity index (χ3n) is 6.30. The van der Waals surface area contributed by atoms with Gasteiger partial charge in [0.15, 0.2) is 0 Å². The molecular formula is C29H35N3O2. The van der Waals surface area contributed by atoms with E-state index in [2.05, 4.69) is 55.4 Å². The van der Waals surface area contributed by atoms with Crippen molar-refractivity contribution in [2.45, 2.75) is 71.2 Å². The molecule has 1 fully saturated rings. The zero-order valence-corrected chi connectivity index (χ0v) is 20.8. The van der Waals surface area contributed by atoms with Gasteiger partial charge in [-0.3, -0.25) is 9.78 Å². The highest BCUT2D eigenvalue weighted by molar-refractivity contribution is 5.94. The number of carbonyl (C=O) groups is 1. The molecule has 34 heavy (non-hydrogen) atoms. The van der Waals surface area contributed by atoms with Crippen molar-refractivity contribution in [1.29, 1.82) is 0 Å². The van der Waals surface area contributed by atoms with E-state index in [4.69, 9.17) is 4.74 Å². The molecule has 5 nitrogen and oxygen atoms in total. The van der Waals surface area contributed by atoms with Crippen molar-refractivity contribution in [1.82, 2.24) is 15.6 Å². The molecule has 0 atom stereocenters. The van der Waals surface area contributed by atoms with Gasteiger partial charge in [-0.15, -0.1) is 0 Å². The van der Waals surface area contributed by atoms with Crippen molar-refractivity contribution in [3.05, 3.63) is 83.7 Å². The highest BCUT2D eigenvalue weighted by atomic mass is 16.5. The van der Waals surface area contributed by atoms with Crippen LogP contribution in [0.3, 0.4) is 0 Å². The topological polar surface area (TPSA) is 63.2 Å². The Morgan fingerprint density at radius 1 is 1.03 bits per heavy atom. The molecule has 1 aliphatic rings. The summed E-state index contributed by atoms with van der Waals surface area (Å²) in [5.41, 5.74) is 4.85. The molecule has 0 saturated carbocycles. The van der Waals surface area contributed by atoms with Crippen LogP contribution >= 0.6 is 0 Å². The van der Waals surface area contributed by atoms with Gasteiger partial charge in [0.1, 0.15) is 12.4 Å². The Kier molecular flexibility index (Phi) is 6.76. The Bertz CT molecular complexity index is 1140. The van der Waals surface area contributed by atoms with Crippen molar-refractivity contribution in [2.75, 3.05) is 0 Å². The molecule has 5 heteroatoms. The second kappa shape index (κ2) is 9.59. The molecule has 0 radical (unpaired) electrons. The molecule has 0 spiro atoms. The minimum atomic E-state index is -0.0227. The maximum atomic E-state index is 12.9. The minimum absolute atomic E-state index is 0.00604. The van der Waals surface area contributed by atoms with Crippen molar-refractivity contribution < 1.29 is 9.53 Å². The maximum absolute atomic E-state index is 12.9. The minimum Gasteiger partial charge on any atom is -0.489 e. The van der Waals surface area contributed by atoms with Crippen LogP contribution in [-0.4, -0.2) is 28.0 Å². The van der Waals surface area contributed by atoms with Gasteiger partial charge < -0.3 is 15.4 Å². The van der Waals surface area contributed by atoms with E-state index < -0.39 is 0 Å². The average Bonchev–Trinajstić information content (AvgIpc) is 2.76. The van der Waals surface area contributed by atoms with Gasteiger partial charge in [0.25, 0.3) is 5.91 Å². The smallest absolute Gasteiger partial charge is 0.251 e. The highest BCUT2D eigenvalue weighted by Gasteiger charge is 2.38. The van der Waals surface area contributed by atoms with Crippen LogP contribution in [-0.2, 0) is 6.61 Å². The molecule has 0 unspecified atom stereocenters. The summed E-state index contributed by atoms with van der Waals surface area (Å²) in [4.78, 5) is 17.2. The first-order chi connectivity index (χ1) is 16.1. The highest BCUT2D eigenvalue weighted by Crippen LogP contribution is 2.29. The lowest BCUT2D eigenvalue weighted by Gasteiger charge is -2.46. The summed E-state index contributed by atoms with van der Waals surface area (Å²) in [5, 5.41) is 6.89. The number of aromatic nitrogens is 1. The normalized spacial score (nSPS) is 17.2. The molecule has 1 aromatic heterocycles. The van der Waals surface area contributed by atoms with E-state index in [0.717, 1.165) is 41.0 Å². The predicted molar refractivity (Wildman–Crippen MR) is 137 cm³/mol. The SMILES string of the molecule is Cc1ncccc1-c1cccc(OCc2ccc(C(=O)NC3CC(C)(C)NC(C)(C)C3)cc2)c1. The van der Waals surface area contributed by atoms with Gasteiger partial charge in [0, 0.05) is 40.1 Å². The van der Waals surface area contributed by atoms with E-state index in [-0.39, 0.29) is 23.0 Å². The van der Waals surface area contributed by atoms with Gasteiger partial charge in [-0.05, 0) is 88.9 Å². The Morgan fingerprint density at radius 2 is 1.74 bits per heavy atom. The molecule has 3 aromatic rings. The molecule has 2 heterocycles. The van der Waals surface area contributed by atoms with Crippen molar-refractivity contribution in [2.24, 2.45) is 0 Å². The molecule has 1 saturated heterocycles. The first-order valence-corrected chi connectivity index (χ1v) is 11.9. The van der Waals surface area contributed by atoms with Gasteiger partial charge in [0.2, 0.25) is 0 Å². The molecule has 1 aliphatic heterocycles. The summed E-state index contributed by atoms with van der Waals surface area (Å²) in [6.07, 6.45) is 3.62. The molecule has 178 valence electrons. The van der Waals surface area contributed by atoms with Crippen LogP contribution in [0.5, 0.6) is 5.75 Å². The zero-order chi connectivity index (χ0) is 24.3. The number of amides is 1. The van der Waals surface area contributed by atoms with Gasteiger partial charge in [-0.25, -0.2) is 0 Å². The fraction of sp³-hybridized carbons (Fsp3) is 0.379. The number of pyridine rings is 1. The van der Waals surface area contributed by atoms with Gasteiger partial charge >= 0.3 is 0 Å². The zero-order valence-electron chi connectivity index (χ0n) is 20.8. The van der Waals surface area contributed by atoms with Gasteiger partial charge in [-0.2, -0.15) is 0 Å². The van der Waals surface area contributed by atoms with E-state index in [9.17, 15) is 4.79 Å². The van der Waals surface area contributed by atoms with Crippen LogP contribution in [0.4, 0.5) is 0 Å². The van der Waals surface area contributed by atoms with E-state index in [1.165, 1.54) is 0 Å². The maximum Gasteiger partial charge on any atom is 0.251 e. The number of ether oxygens (including phenoxy) is 1. The molecular weight excluding hydrogens is 422 g/mol. The number of nitrogens with one attached hydrogen (secondary N) is 2. The molecule has 1 amide bonds. The number of aryl methyl sites for hydroxylation is 1. The number of hydrogen-bond donors (Lipinski definition) is 2. The van der Waals surface area contributed by atoms with Gasteiger partial charge in [-0.1, -0.05) is 30.3 Å². The second-order valence-electron chi connectivity index (χ2n) is 10.6. The van der Waals surface area contributed by atoms with E-state index >= 15 is 0 Å². The Morgan fingerprint density at radius 3 is 2.41 bits per heavy atom. The first-order valence-electron chi connectivity index (χ1n) is 11.9. The number of nitrogens with zero attached hydrogens (tertiary/aromatic N) is 1. The van der Waals surface area contributed by atoms with Crippen molar-refractivity contribution >= 4 is 5.91 Å². The average molecular weight is 458 g/mol. The summed E-state index contributed by atoms with van der Waals surface area (Å²) in [6, 6.07) is 19.9. The molecule has 2 aromatic carbocycles. The number of hydrogen-bond acceptors (Lipinski definition) is 4. The van der Waals surface area contributed by atoms with E-state index in [0.29, 0.717) is 12.2 Å². The molecule has 0 bridgehead atoms. The summed E-state index contributed by atoms with van der Waals surface area (Å²) < 4.78 is 6.03. The van der Waals surface area contributed by atoms with Crippen LogP contribution in [0.25, 0.3) is 11.1 Å². The van der Waals surface area contributed by atoms with Crippen LogP contribution in [0.1, 0.15) is 62.2 Å². The van der Waals surface area contributed by atoms with Crippen LogP contribution in [0.15, 0.2) is 66.9 Å². The second-order valence-corrected chi connectivity index (χ2v) is 10.6. The Hall–Kier alpha value is -3.18. The monoisotopic (exact) mass is 457 g/mol. The third-order valence-corrected chi connectivity index (χ3v) is 6.30. The van der Waals surface area contributed by atoms with Crippen molar-refractivity contribution in [3.63, 3.8) is 0 Å². The molecule has 2 N–H and O–H groups in total. The quantitative estimate of drug-likeness (QED) is 0.500. The van der Waals surface area contributed by atoms with Crippen LogP contribution in [0, 0.1) is 6.92 Å². The summed E-state index contributed by atoms with van der Waals surface area (Å²) >= 11 is 0. The van der Waals surface area contributed by atoms with Crippen molar-refractivity contribution in [3.8, 4) is 16.9 Å². The standard InChI is InChI=1S/C29H35N3O2/c1-20-26(10-7-15-30-20)23-8-6-9-25(16-23)34-19-21-11-13-22(14-12-21)27(33)31-24-17-28(2,3)32-29(4,5)18-24/h6-16,24,32H,17-19H2,1-5H3,(H,31,33). The number of rotatable bonds is 6. The Balaban J connectivity index is 1.36. The lowest BCUT2D eigenvalue weighted by molar-refractivity contribution is 0.0873. The molecule has 4 rings (SSSR count). The molecule has 0 aliphatic carbocycles. The van der Waals surface area contributed by atoms with Crippen LogP contribution < -0.4 is 15.4 Å². The Labute approximate surface area is 203 Å². The largest absolute Gasteiger partial charge is 0.489 e. The summed E-state index contributed by atoms with van der Waals surface area (Å²) in [6.45, 7) is 11.2. The lowest BCUT2D eigenvalue weighted by Crippen LogP contribution is -2.62. The van der Waals surface area contributed by atoms with Gasteiger partial charge in [0.05, 0.1) is 0 Å². The summed E-state index contributed by atoms with van der Waals surface area (Å²) in [7, 11) is 0. The number of benzene rings is 2. The van der Waals surface area contributed by atoms with Crippen LogP contribution in [0.2, 0.25) is 0 Å². The summed E-state index contributed by atoms with van der Waals surface area (Å²) in [5.74, 6) is 0.782. The number of carbonyl (C=O) groups excluding carboxylic acids is 1.